The number of allylic oxidation sites excluding steroid dienone is 1. The van der Waals surface area contributed by atoms with Crippen molar-refractivity contribution in [3.63, 3.8) is 0 Å². The van der Waals surface area contributed by atoms with E-state index in [2.05, 4.69) is 10.3 Å². The maximum atomic E-state index is 15.0. The van der Waals surface area contributed by atoms with Crippen LogP contribution in [-0.4, -0.2) is 56.4 Å². The molecule has 1 N–H and O–H groups in total. The highest BCUT2D eigenvalue weighted by atomic mass is 32.2. The van der Waals surface area contributed by atoms with Gasteiger partial charge in [0.1, 0.15) is 17.0 Å². The number of nitrogens with one attached hydrogen (secondary N) is 1. The first kappa shape index (κ1) is 27.0. The van der Waals surface area contributed by atoms with Crippen LogP contribution in [0.4, 0.5) is 18.0 Å². The molecule has 2 heterocycles. The number of amides is 1. The molecular formula is C23H30F3N3O5S. The van der Waals surface area contributed by atoms with Crippen LogP contribution < -0.4 is 5.32 Å². The zero-order chi connectivity index (χ0) is 26.2. The summed E-state index contributed by atoms with van der Waals surface area (Å²) in [5.41, 5.74) is -3.05. The summed E-state index contributed by atoms with van der Waals surface area (Å²) in [4.78, 5) is 16.5. The minimum atomic E-state index is -4.10. The monoisotopic (exact) mass is 517 g/mol. The zero-order valence-corrected chi connectivity index (χ0v) is 21.1. The number of sulfonamides is 1. The van der Waals surface area contributed by atoms with Gasteiger partial charge in [-0.2, -0.15) is 0 Å². The Labute approximate surface area is 203 Å². The van der Waals surface area contributed by atoms with Crippen LogP contribution in [0.25, 0.3) is 6.08 Å². The van der Waals surface area contributed by atoms with Crippen LogP contribution in [0.5, 0.6) is 0 Å². The van der Waals surface area contributed by atoms with Crippen molar-refractivity contribution in [3.8, 4) is 0 Å². The van der Waals surface area contributed by atoms with Gasteiger partial charge in [0.15, 0.2) is 11.6 Å². The standard InChI is InChI=1S/C23H30F3N3O5S/c1-22(2,3)34-21(30)27-20-28-23(4,13-35(31,32)29(20)5)16-10-14(12-18(25)19(16)26)11-17(24)15-6-8-33-9-7-15/h10-12,15H,6-9,13H2,1-5H3,(H,27,28,30)/b17-11-/t23-/m0/s1. The number of aliphatic imine (C=N–C) groups is 1. The quantitative estimate of drug-likeness (QED) is 0.652. The van der Waals surface area contributed by atoms with Crippen LogP contribution in [-0.2, 0) is 25.0 Å². The third kappa shape index (κ3) is 6.35. The summed E-state index contributed by atoms with van der Waals surface area (Å²) in [5, 5.41) is 2.27. The van der Waals surface area contributed by atoms with Crippen molar-refractivity contribution in [3.05, 3.63) is 40.7 Å². The number of carbonyl (C=O) groups excluding carboxylic acids is 1. The van der Waals surface area contributed by atoms with E-state index >= 15 is 0 Å². The van der Waals surface area contributed by atoms with Crippen LogP contribution >= 0.6 is 0 Å². The first-order chi connectivity index (χ1) is 16.1. The van der Waals surface area contributed by atoms with Crippen LogP contribution in [0.15, 0.2) is 23.0 Å². The summed E-state index contributed by atoms with van der Waals surface area (Å²) < 4.78 is 81.2. The topological polar surface area (TPSA) is 97.3 Å². The molecule has 1 aromatic rings. The van der Waals surface area contributed by atoms with E-state index in [1.54, 1.807) is 20.8 Å². The number of hydrogen-bond acceptors (Lipinski definition) is 6. The SMILES string of the molecule is CN1C(NC(=O)OC(C)(C)C)=N[C@](C)(c2cc(/C=C(\F)C3CCOCC3)cc(F)c2F)CS1(=O)=O. The van der Waals surface area contributed by atoms with Crippen LogP contribution in [0.2, 0.25) is 0 Å². The molecule has 0 bridgehead atoms. The lowest BCUT2D eigenvalue weighted by molar-refractivity contribution is 0.0559. The van der Waals surface area contributed by atoms with Gasteiger partial charge in [0.2, 0.25) is 16.0 Å². The molecule has 35 heavy (non-hydrogen) atoms. The lowest BCUT2D eigenvalue weighted by Crippen LogP contribution is -2.54. The fourth-order valence-corrected chi connectivity index (χ4v) is 5.37. The highest BCUT2D eigenvalue weighted by molar-refractivity contribution is 7.89. The Morgan fingerprint density at radius 2 is 1.91 bits per heavy atom. The number of rotatable bonds is 3. The highest BCUT2D eigenvalue weighted by Gasteiger charge is 2.43. The van der Waals surface area contributed by atoms with Crippen LogP contribution in [0, 0.1) is 17.6 Å². The van der Waals surface area contributed by atoms with E-state index in [0.717, 1.165) is 16.4 Å². The average Bonchev–Trinajstić information content (AvgIpc) is 2.73. The Hall–Kier alpha value is -2.60. The third-order valence-electron chi connectivity index (χ3n) is 5.69. The molecule has 0 aromatic heterocycles. The minimum absolute atomic E-state index is 0.0253. The van der Waals surface area contributed by atoms with Gasteiger partial charge in [-0.3, -0.25) is 5.32 Å². The first-order valence-corrected chi connectivity index (χ1v) is 12.7. The van der Waals surface area contributed by atoms with Gasteiger partial charge in [0.25, 0.3) is 0 Å². The van der Waals surface area contributed by atoms with Crippen molar-refractivity contribution in [1.29, 1.82) is 0 Å². The number of hydrogen-bond donors (Lipinski definition) is 1. The van der Waals surface area contributed by atoms with Gasteiger partial charge in [-0.05, 0) is 64.3 Å². The van der Waals surface area contributed by atoms with Crippen molar-refractivity contribution in [1.82, 2.24) is 9.62 Å². The lowest BCUT2D eigenvalue weighted by atomic mass is 9.91. The third-order valence-corrected chi connectivity index (χ3v) is 7.63. The molecule has 0 radical (unpaired) electrons. The summed E-state index contributed by atoms with van der Waals surface area (Å²) in [6.07, 6.45) is 1.07. The Kier molecular flexibility index (Phi) is 7.56. The van der Waals surface area contributed by atoms with Gasteiger partial charge >= 0.3 is 6.09 Å². The smallest absolute Gasteiger partial charge is 0.414 e. The molecule has 194 valence electrons. The van der Waals surface area contributed by atoms with Crippen molar-refractivity contribution >= 4 is 28.2 Å². The maximum absolute atomic E-state index is 15.0. The van der Waals surface area contributed by atoms with Gasteiger partial charge in [-0.15, -0.1) is 0 Å². The van der Waals surface area contributed by atoms with E-state index in [9.17, 15) is 26.4 Å². The van der Waals surface area contributed by atoms with E-state index in [0.29, 0.717) is 26.1 Å². The van der Waals surface area contributed by atoms with E-state index in [4.69, 9.17) is 9.47 Å². The Morgan fingerprint density at radius 1 is 1.29 bits per heavy atom. The number of guanidine groups is 1. The van der Waals surface area contributed by atoms with E-state index in [1.807, 2.05) is 0 Å². The summed E-state index contributed by atoms with van der Waals surface area (Å²) in [5.74, 6) is -4.60. The Balaban J connectivity index is 2.04. The molecule has 2 aliphatic rings. The fraction of sp³-hybridized carbons (Fsp3) is 0.565. The summed E-state index contributed by atoms with van der Waals surface area (Å²) in [6, 6.07) is 2.01. The molecular weight excluding hydrogens is 487 g/mol. The van der Waals surface area contributed by atoms with Crippen molar-refractivity contribution in [2.75, 3.05) is 26.0 Å². The molecule has 1 saturated heterocycles. The number of alkyl carbamates (subject to hydrolysis) is 1. The number of carbonyl (C=O) groups is 1. The number of benzene rings is 1. The van der Waals surface area contributed by atoms with Crippen LogP contribution in [0.3, 0.4) is 0 Å². The van der Waals surface area contributed by atoms with E-state index in [-0.39, 0.29) is 11.1 Å². The predicted octanol–water partition coefficient (Wildman–Crippen LogP) is 4.07. The van der Waals surface area contributed by atoms with Gasteiger partial charge in [-0.25, -0.2) is 35.7 Å². The zero-order valence-electron chi connectivity index (χ0n) is 20.3. The number of halogens is 3. The largest absolute Gasteiger partial charge is 0.444 e. The molecule has 1 amide bonds. The number of nitrogens with zero attached hydrogens (tertiary/aromatic N) is 2. The number of ether oxygens (including phenoxy) is 2. The molecule has 1 aromatic carbocycles. The normalized spacial score (nSPS) is 23.6. The molecule has 0 aliphatic carbocycles. The molecule has 1 fully saturated rings. The van der Waals surface area contributed by atoms with Gasteiger partial charge in [-0.1, -0.05) is 0 Å². The van der Waals surface area contributed by atoms with E-state index in [1.165, 1.54) is 20.0 Å². The molecule has 0 unspecified atom stereocenters. The summed E-state index contributed by atoms with van der Waals surface area (Å²) in [7, 11) is -2.93. The summed E-state index contributed by atoms with van der Waals surface area (Å²) in [6.45, 7) is 6.97. The molecule has 1 atom stereocenters. The fourth-order valence-electron chi connectivity index (χ4n) is 3.90. The van der Waals surface area contributed by atoms with Gasteiger partial charge < -0.3 is 9.47 Å². The Bertz CT molecular complexity index is 1160. The van der Waals surface area contributed by atoms with E-state index < -0.39 is 62.3 Å². The minimum Gasteiger partial charge on any atom is -0.444 e. The molecule has 8 nitrogen and oxygen atoms in total. The molecule has 2 aliphatic heterocycles. The second-order valence-corrected chi connectivity index (χ2v) is 11.8. The average molecular weight is 518 g/mol. The summed E-state index contributed by atoms with van der Waals surface area (Å²) >= 11 is 0. The van der Waals surface area contributed by atoms with Gasteiger partial charge in [0, 0.05) is 31.7 Å². The molecule has 0 saturated carbocycles. The lowest BCUT2D eigenvalue weighted by Gasteiger charge is -2.36. The molecule has 12 heteroatoms. The molecule has 0 spiro atoms. The maximum Gasteiger partial charge on any atom is 0.414 e. The van der Waals surface area contributed by atoms with Crippen molar-refractivity contribution in [2.45, 2.75) is 51.7 Å². The second kappa shape index (κ2) is 9.81. The Morgan fingerprint density at radius 3 is 2.51 bits per heavy atom. The first-order valence-electron chi connectivity index (χ1n) is 11.1. The highest BCUT2D eigenvalue weighted by Crippen LogP contribution is 2.36. The van der Waals surface area contributed by atoms with Crippen molar-refractivity contribution in [2.24, 2.45) is 10.9 Å². The van der Waals surface area contributed by atoms with Crippen LogP contribution in [0.1, 0.15) is 51.7 Å². The molecule has 3 rings (SSSR count). The van der Waals surface area contributed by atoms with Crippen molar-refractivity contribution < 1.29 is 35.9 Å². The van der Waals surface area contributed by atoms with Gasteiger partial charge in [0.05, 0.1) is 5.75 Å². The second-order valence-electron chi connectivity index (χ2n) is 9.84. The predicted molar refractivity (Wildman–Crippen MR) is 125 cm³/mol.